The van der Waals surface area contributed by atoms with Crippen molar-refractivity contribution in [2.75, 3.05) is 7.05 Å². The van der Waals surface area contributed by atoms with Crippen LogP contribution < -0.4 is 0 Å². The molecule has 0 aliphatic heterocycles. The molecule has 0 aromatic rings. The van der Waals surface area contributed by atoms with E-state index in [2.05, 4.69) is 6.58 Å². The van der Waals surface area contributed by atoms with Gasteiger partial charge in [0, 0.05) is 19.5 Å². The summed E-state index contributed by atoms with van der Waals surface area (Å²) < 4.78 is 4.90. The molecule has 0 spiro atoms. The van der Waals surface area contributed by atoms with Crippen LogP contribution in [0.3, 0.4) is 0 Å². The minimum Gasteiger partial charge on any atom is -0.438 e. The largest absolute Gasteiger partial charge is 0.438 e. The molecule has 0 aliphatic carbocycles. The highest BCUT2D eigenvalue weighted by Gasteiger charge is 2.16. The molecule has 0 bridgehead atoms. The van der Waals surface area contributed by atoms with Crippen molar-refractivity contribution in [3.63, 3.8) is 0 Å². The number of carbonyl (C=O) groups is 2. The van der Waals surface area contributed by atoms with E-state index in [1.54, 1.807) is 20.9 Å². The van der Waals surface area contributed by atoms with Crippen molar-refractivity contribution in [3.8, 4) is 0 Å². The van der Waals surface area contributed by atoms with E-state index in [0.717, 1.165) is 0 Å². The highest BCUT2D eigenvalue weighted by Crippen LogP contribution is 2.02. The molecule has 0 saturated carbocycles. The maximum Gasteiger partial charge on any atom is 0.335 e. The monoisotopic (exact) mass is 185 g/mol. The predicted molar refractivity (Wildman–Crippen MR) is 48.8 cm³/mol. The van der Waals surface area contributed by atoms with E-state index >= 15 is 0 Å². The summed E-state index contributed by atoms with van der Waals surface area (Å²) in [5, 5.41) is 0. The highest BCUT2D eigenvalue weighted by atomic mass is 16.6. The summed E-state index contributed by atoms with van der Waals surface area (Å²) in [6.07, 6.45) is -0.554. The standard InChI is InChI=1S/C9H15NO3/c1-6(2)9(12)13-8(4)10(5)7(3)11/h8H,1H2,2-5H3. The molecule has 0 rings (SSSR count). The third-order valence-electron chi connectivity index (χ3n) is 1.67. The molecular weight excluding hydrogens is 170 g/mol. The van der Waals surface area contributed by atoms with Gasteiger partial charge in [0.15, 0.2) is 6.23 Å². The molecule has 0 aromatic carbocycles. The van der Waals surface area contributed by atoms with Gasteiger partial charge in [-0.15, -0.1) is 0 Å². The average Bonchev–Trinajstić information content (AvgIpc) is 2.02. The van der Waals surface area contributed by atoms with Crippen LogP contribution in [0.4, 0.5) is 0 Å². The summed E-state index contributed by atoms with van der Waals surface area (Å²) in [5.41, 5.74) is 0.323. The first-order chi connectivity index (χ1) is 5.86. The third-order valence-corrected chi connectivity index (χ3v) is 1.67. The topological polar surface area (TPSA) is 46.6 Å². The van der Waals surface area contributed by atoms with Crippen molar-refractivity contribution in [1.29, 1.82) is 0 Å². The molecule has 1 amide bonds. The van der Waals surface area contributed by atoms with Crippen molar-refractivity contribution in [2.24, 2.45) is 0 Å². The zero-order valence-electron chi connectivity index (χ0n) is 8.46. The number of hydrogen-bond donors (Lipinski definition) is 0. The van der Waals surface area contributed by atoms with Crippen molar-refractivity contribution in [3.05, 3.63) is 12.2 Å². The van der Waals surface area contributed by atoms with Gasteiger partial charge < -0.3 is 9.64 Å². The predicted octanol–water partition coefficient (Wildman–Crippen LogP) is 0.930. The van der Waals surface area contributed by atoms with Gasteiger partial charge in [0.05, 0.1) is 0 Å². The second-order valence-electron chi connectivity index (χ2n) is 2.91. The lowest BCUT2D eigenvalue weighted by molar-refractivity contribution is -0.156. The molecule has 1 atom stereocenters. The Kier molecular flexibility index (Phi) is 4.17. The van der Waals surface area contributed by atoms with E-state index in [1.807, 2.05) is 0 Å². The third kappa shape index (κ3) is 3.73. The van der Waals surface area contributed by atoms with E-state index in [1.165, 1.54) is 11.8 Å². The van der Waals surface area contributed by atoms with E-state index in [4.69, 9.17) is 4.74 Å². The van der Waals surface area contributed by atoms with Gasteiger partial charge in [-0.2, -0.15) is 0 Å². The molecule has 0 fully saturated rings. The van der Waals surface area contributed by atoms with Gasteiger partial charge >= 0.3 is 5.97 Å². The Hall–Kier alpha value is -1.32. The summed E-state index contributed by atoms with van der Waals surface area (Å²) in [4.78, 5) is 23.2. The first-order valence-corrected chi connectivity index (χ1v) is 3.96. The lowest BCUT2D eigenvalue weighted by Gasteiger charge is -2.23. The van der Waals surface area contributed by atoms with Gasteiger partial charge in [0.1, 0.15) is 0 Å². The summed E-state index contributed by atoms with van der Waals surface area (Å²) in [6.45, 7) is 8.03. The van der Waals surface area contributed by atoms with Crippen LogP contribution in [0, 0.1) is 0 Å². The quantitative estimate of drug-likeness (QED) is 0.373. The first-order valence-electron chi connectivity index (χ1n) is 3.96. The van der Waals surface area contributed by atoms with E-state index in [0.29, 0.717) is 5.57 Å². The number of carbonyl (C=O) groups excluding carboxylic acids is 2. The summed E-state index contributed by atoms with van der Waals surface area (Å²) in [6, 6.07) is 0. The minimum absolute atomic E-state index is 0.151. The Morgan fingerprint density at radius 3 is 2.15 bits per heavy atom. The Bertz CT molecular complexity index is 235. The van der Waals surface area contributed by atoms with Crippen LogP contribution in [-0.4, -0.2) is 30.1 Å². The fraction of sp³-hybridized carbons (Fsp3) is 0.556. The molecule has 74 valence electrons. The van der Waals surface area contributed by atoms with Crippen LogP contribution in [0.2, 0.25) is 0 Å². The van der Waals surface area contributed by atoms with E-state index in [9.17, 15) is 9.59 Å². The van der Waals surface area contributed by atoms with Crippen LogP contribution in [-0.2, 0) is 14.3 Å². The van der Waals surface area contributed by atoms with Gasteiger partial charge in [-0.3, -0.25) is 4.79 Å². The number of ether oxygens (including phenoxy) is 1. The smallest absolute Gasteiger partial charge is 0.335 e. The molecule has 1 unspecified atom stereocenters. The maximum absolute atomic E-state index is 11.0. The molecule has 0 saturated heterocycles. The number of rotatable bonds is 3. The fourth-order valence-corrected chi connectivity index (χ4v) is 0.591. The number of hydrogen-bond acceptors (Lipinski definition) is 3. The molecule has 0 aromatic heterocycles. The lowest BCUT2D eigenvalue weighted by atomic mass is 10.3. The molecular formula is C9H15NO3. The van der Waals surface area contributed by atoms with Crippen molar-refractivity contribution < 1.29 is 14.3 Å². The Morgan fingerprint density at radius 2 is 1.85 bits per heavy atom. The molecule has 4 nitrogen and oxygen atoms in total. The first kappa shape index (κ1) is 11.7. The second kappa shape index (κ2) is 4.64. The Labute approximate surface area is 78.2 Å². The number of amides is 1. The SMILES string of the molecule is C=C(C)C(=O)OC(C)N(C)C(C)=O. The van der Waals surface area contributed by atoms with Crippen molar-refractivity contribution >= 4 is 11.9 Å². The second-order valence-corrected chi connectivity index (χ2v) is 2.91. The van der Waals surface area contributed by atoms with Gasteiger partial charge in [-0.25, -0.2) is 4.79 Å². The number of esters is 1. The van der Waals surface area contributed by atoms with Crippen molar-refractivity contribution in [2.45, 2.75) is 27.0 Å². The zero-order valence-corrected chi connectivity index (χ0v) is 8.46. The summed E-state index contributed by atoms with van der Waals surface area (Å²) in [7, 11) is 1.57. The van der Waals surface area contributed by atoms with Crippen molar-refractivity contribution in [1.82, 2.24) is 4.90 Å². The normalized spacial score (nSPS) is 11.7. The molecule has 0 N–H and O–H groups in total. The molecule has 13 heavy (non-hydrogen) atoms. The molecule has 4 heteroatoms. The average molecular weight is 185 g/mol. The van der Waals surface area contributed by atoms with E-state index in [-0.39, 0.29) is 5.91 Å². The van der Waals surface area contributed by atoms with Gasteiger partial charge in [-0.1, -0.05) is 6.58 Å². The zero-order chi connectivity index (χ0) is 10.6. The molecule has 0 aliphatic rings. The molecule has 0 radical (unpaired) electrons. The van der Waals surface area contributed by atoms with Crippen LogP contribution in [0.1, 0.15) is 20.8 Å². The van der Waals surface area contributed by atoms with Gasteiger partial charge in [-0.05, 0) is 13.8 Å². The Morgan fingerprint density at radius 1 is 1.38 bits per heavy atom. The van der Waals surface area contributed by atoms with Crippen LogP contribution in [0.25, 0.3) is 0 Å². The van der Waals surface area contributed by atoms with Crippen LogP contribution >= 0.6 is 0 Å². The van der Waals surface area contributed by atoms with Gasteiger partial charge in [0.2, 0.25) is 5.91 Å². The molecule has 0 heterocycles. The fourth-order valence-electron chi connectivity index (χ4n) is 0.591. The number of nitrogens with zero attached hydrogens (tertiary/aromatic N) is 1. The van der Waals surface area contributed by atoms with E-state index < -0.39 is 12.2 Å². The lowest BCUT2D eigenvalue weighted by Crippen LogP contribution is -2.36. The van der Waals surface area contributed by atoms with Crippen LogP contribution in [0.5, 0.6) is 0 Å². The Balaban J connectivity index is 4.15. The minimum atomic E-state index is -0.554. The highest BCUT2D eigenvalue weighted by molar-refractivity contribution is 5.87. The van der Waals surface area contributed by atoms with Gasteiger partial charge in [0.25, 0.3) is 0 Å². The summed E-state index contributed by atoms with van der Waals surface area (Å²) >= 11 is 0. The van der Waals surface area contributed by atoms with Crippen LogP contribution in [0.15, 0.2) is 12.2 Å². The maximum atomic E-state index is 11.0. The summed E-state index contributed by atoms with van der Waals surface area (Å²) in [5.74, 6) is -0.636.